The van der Waals surface area contributed by atoms with Crippen LogP contribution in [0.4, 0.5) is 4.39 Å². The third kappa shape index (κ3) is 3.27. The van der Waals surface area contributed by atoms with E-state index in [-0.39, 0.29) is 11.7 Å². The summed E-state index contributed by atoms with van der Waals surface area (Å²) in [5.41, 5.74) is 4.30. The highest BCUT2D eigenvalue weighted by Crippen LogP contribution is 2.43. The number of benzene rings is 3. The van der Waals surface area contributed by atoms with Crippen molar-refractivity contribution in [3.8, 4) is 39.8 Å². The van der Waals surface area contributed by atoms with Crippen LogP contribution in [-0.4, -0.2) is 27.0 Å². The van der Waals surface area contributed by atoms with Crippen molar-refractivity contribution in [2.45, 2.75) is 0 Å². The van der Waals surface area contributed by atoms with E-state index in [2.05, 4.69) is 26.1 Å². The number of methoxy groups -OCH3 is 1. The summed E-state index contributed by atoms with van der Waals surface area (Å²) in [6.07, 6.45) is 0. The fourth-order valence-corrected chi connectivity index (χ4v) is 4.01. The van der Waals surface area contributed by atoms with Crippen LogP contribution in [0.1, 0.15) is 0 Å². The number of aromatic hydroxyl groups is 1. The smallest absolute Gasteiger partial charge is 0.222 e. The van der Waals surface area contributed by atoms with E-state index in [0.29, 0.717) is 11.2 Å². The number of nitrogens with zero attached hydrogens (tertiary/aromatic N) is 2. The molecule has 154 valence electrons. The van der Waals surface area contributed by atoms with E-state index in [1.54, 1.807) is 23.8 Å². The summed E-state index contributed by atoms with van der Waals surface area (Å²) in [5.74, 6) is 0.446. The van der Waals surface area contributed by atoms with Gasteiger partial charge in [0.25, 0.3) is 0 Å². The molecular formula is C24H17BrFN3O2. The van der Waals surface area contributed by atoms with Gasteiger partial charge >= 0.3 is 0 Å². The average Bonchev–Trinajstić information content (AvgIpc) is 3.34. The number of hydrogen-bond donors (Lipinski definition) is 2. The topological polar surface area (TPSA) is 63.1 Å². The van der Waals surface area contributed by atoms with Crippen LogP contribution in [0.5, 0.6) is 11.6 Å². The number of aromatic nitrogens is 3. The van der Waals surface area contributed by atoms with Gasteiger partial charge in [0.05, 0.1) is 18.2 Å². The van der Waals surface area contributed by atoms with E-state index in [1.807, 2.05) is 48.5 Å². The molecule has 0 unspecified atom stereocenters. The molecule has 5 nitrogen and oxygen atoms in total. The molecule has 0 saturated carbocycles. The van der Waals surface area contributed by atoms with Crippen LogP contribution in [0.3, 0.4) is 0 Å². The Morgan fingerprint density at radius 3 is 2.23 bits per heavy atom. The monoisotopic (exact) mass is 477 g/mol. The molecule has 0 aliphatic rings. The van der Waals surface area contributed by atoms with Gasteiger partial charge in [-0.05, 0) is 78.4 Å². The molecule has 0 spiro atoms. The summed E-state index contributed by atoms with van der Waals surface area (Å²) in [5, 5.41) is 19.3. The highest BCUT2D eigenvalue weighted by molar-refractivity contribution is 9.10. The second-order valence-corrected chi connectivity index (χ2v) is 7.96. The number of halogens is 2. The summed E-state index contributed by atoms with van der Waals surface area (Å²) in [4.78, 5) is 0. The normalized spacial score (nSPS) is 11.2. The molecule has 5 rings (SSSR count). The molecule has 0 bridgehead atoms. The quantitative estimate of drug-likeness (QED) is 0.319. The number of hydrogen-bond acceptors (Lipinski definition) is 3. The van der Waals surface area contributed by atoms with Crippen molar-refractivity contribution in [2.75, 3.05) is 7.11 Å². The first-order chi connectivity index (χ1) is 15.1. The van der Waals surface area contributed by atoms with Gasteiger partial charge < -0.3 is 9.84 Å². The first kappa shape index (κ1) is 19.4. The molecule has 2 N–H and O–H groups in total. The maximum absolute atomic E-state index is 13.7. The van der Waals surface area contributed by atoms with Gasteiger partial charge in [-0.3, -0.25) is 9.67 Å². The predicted octanol–water partition coefficient (Wildman–Crippen LogP) is 6.30. The van der Waals surface area contributed by atoms with Crippen LogP contribution in [0, 0.1) is 5.82 Å². The summed E-state index contributed by atoms with van der Waals surface area (Å²) < 4.78 is 21.6. The Kier molecular flexibility index (Phi) is 4.75. The minimum Gasteiger partial charge on any atom is -0.497 e. The molecule has 0 amide bonds. The van der Waals surface area contributed by atoms with E-state index in [9.17, 15) is 9.50 Å². The molecule has 3 aromatic carbocycles. The molecule has 2 heterocycles. The zero-order valence-corrected chi connectivity index (χ0v) is 18.0. The van der Waals surface area contributed by atoms with Crippen LogP contribution in [0.25, 0.3) is 39.1 Å². The van der Waals surface area contributed by atoms with Gasteiger partial charge in [0.2, 0.25) is 5.88 Å². The summed E-state index contributed by atoms with van der Waals surface area (Å²) in [6.45, 7) is 0. The molecule has 0 fully saturated rings. The highest BCUT2D eigenvalue weighted by atomic mass is 79.9. The maximum atomic E-state index is 13.7. The molecule has 2 aromatic heterocycles. The minimum absolute atomic E-state index is 0.0314. The average molecular weight is 478 g/mol. The molecule has 0 aliphatic carbocycles. The fraction of sp³-hybridized carbons (Fsp3) is 0.0417. The van der Waals surface area contributed by atoms with E-state index in [4.69, 9.17) is 4.74 Å². The molecule has 31 heavy (non-hydrogen) atoms. The van der Waals surface area contributed by atoms with Crippen molar-refractivity contribution in [1.82, 2.24) is 14.8 Å². The fourth-order valence-electron chi connectivity index (χ4n) is 3.74. The van der Waals surface area contributed by atoms with Gasteiger partial charge in [0, 0.05) is 15.7 Å². The number of ether oxygens (including phenoxy) is 1. The van der Waals surface area contributed by atoms with Crippen molar-refractivity contribution >= 4 is 26.8 Å². The summed E-state index contributed by atoms with van der Waals surface area (Å²) in [6, 6.07) is 21.4. The van der Waals surface area contributed by atoms with Gasteiger partial charge in [-0.1, -0.05) is 15.9 Å². The highest BCUT2D eigenvalue weighted by Gasteiger charge is 2.25. The van der Waals surface area contributed by atoms with Gasteiger partial charge in [-0.25, -0.2) is 4.39 Å². The Labute approximate surface area is 185 Å². The third-order valence-electron chi connectivity index (χ3n) is 5.23. The molecule has 7 heteroatoms. The molecule has 0 saturated heterocycles. The Balaban J connectivity index is 1.83. The van der Waals surface area contributed by atoms with E-state index in [0.717, 1.165) is 38.1 Å². The Bertz CT molecular complexity index is 1370. The van der Waals surface area contributed by atoms with E-state index >= 15 is 0 Å². The SMILES string of the molecule is COc1ccc(-c2n[nH]c3c(O)n(-c4ccc(Br)cc4)c(-c4ccc(F)cc4)c23)cc1. The molecule has 0 radical (unpaired) electrons. The molecule has 5 aromatic rings. The van der Waals surface area contributed by atoms with Crippen molar-refractivity contribution < 1.29 is 14.2 Å². The molecule has 0 aliphatic heterocycles. The second-order valence-electron chi connectivity index (χ2n) is 7.04. The van der Waals surface area contributed by atoms with Crippen molar-refractivity contribution in [3.63, 3.8) is 0 Å². The van der Waals surface area contributed by atoms with Crippen LogP contribution in [-0.2, 0) is 0 Å². The molecular weight excluding hydrogens is 461 g/mol. The number of nitrogens with one attached hydrogen (secondary N) is 1. The number of H-pyrrole nitrogens is 1. The lowest BCUT2D eigenvalue weighted by atomic mass is 10.0. The maximum Gasteiger partial charge on any atom is 0.222 e. The number of aromatic amines is 1. The number of fused-ring (bicyclic) bond motifs is 1. The third-order valence-corrected chi connectivity index (χ3v) is 5.76. The van der Waals surface area contributed by atoms with E-state index < -0.39 is 0 Å². The van der Waals surface area contributed by atoms with Gasteiger partial charge in [0.1, 0.15) is 22.8 Å². The van der Waals surface area contributed by atoms with Crippen LogP contribution in [0.15, 0.2) is 77.3 Å². The van der Waals surface area contributed by atoms with Crippen molar-refractivity contribution in [3.05, 3.63) is 83.1 Å². The lowest BCUT2D eigenvalue weighted by molar-refractivity contribution is 0.415. The first-order valence-corrected chi connectivity index (χ1v) is 10.3. The van der Waals surface area contributed by atoms with Crippen LogP contribution < -0.4 is 4.74 Å². The molecule has 0 atom stereocenters. The van der Waals surface area contributed by atoms with Crippen molar-refractivity contribution in [2.24, 2.45) is 0 Å². The lowest BCUT2D eigenvalue weighted by Gasteiger charge is -2.12. The Hall–Kier alpha value is -3.58. The van der Waals surface area contributed by atoms with Gasteiger partial charge in [-0.15, -0.1) is 0 Å². The summed E-state index contributed by atoms with van der Waals surface area (Å²) >= 11 is 3.45. The van der Waals surface area contributed by atoms with Crippen molar-refractivity contribution in [1.29, 1.82) is 0 Å². The predicted molar refractivity (Wildman–Crippen MR) is 122 cm³/mol. The lowest BCUT2D eigenvalue weighted by Crippen LogP contribution is -1.97. The summed E-state index contributed by atoms with van der Waals surface area (Å²) in [7, 11) is 1.62. The zero-order valence-electron chi connectivity index (χ0n) is 16.4. The number of rotatable bonds is 4. The standard InChI is InChI=1S/C24H17BrFN3O2/c1-31-19-12-4-14(5-13-19)21-20-22(28-27-21)24(30)29(18-10-6-16(25)7-11-18)23(20)15-2-8-17(26)9-3-15/h2-13,28,30H,1H3. The van der Waals surface area contributed by atoms with Crippen LogP contribution >= 0.6 is 15.9 Å². The van der Waals surface area contributed by atoms with Gasteiger partial charge in [-0.2, -0.15) is 5.10 Å². The zero-order chi connectivity index (χ0) is 21.5. The largest absolute Gasteiger partial charge is 0.497 e. The first-order valence-electron chi connectivity index (χ1n) is 9.55. The van der Waals surface area contributed by atoms with E-state index in [1.165, 1.54) is 12.1 Å². The Morgan fingerprint density at radius 2 is 1.58 bits per heavy atom. The minimum atomic E-state index is -0.325. The van der Waals surface area contributed by atoms with Gasteiger partial charge in [0.15, 0.2) is 0 Å². The second kappa shape index (κ2) is 7.59. The van der Waals surface area contributed by atoms with Crippen LogP contribution in [0.2, 0.25) is 0 Å². The Morgan fingerprint density at radius 1 is 0.935 bits per heavy atom.